The smallest absolute Gasteiger partial charge is 0.273 e. The number of nitrogens with zero attached hydrogens (tertiary/aromatic N) is 5. The number of aliphatic hydroxyl groups is 2. The Balaban J connectivity index is 1.49. The van der Waals surface area contributed by atoms with Crippen LogP contribution in [-0.2, 0) is 11.3 Å². The van der Waals surface area contributed by atoms with Gasteiger partial charge in [-0.3, -0.25) is 25.2 Å². The number of Topliss-reactive ketones (excluding diaryl/α,β-unsaturated/α-hetero) is 1. The van der Waals surface area contributed by atoms with Crippen molar-refractivity contribution in [2.75, 3.05) is 13.3 Å². The van der Waals surface area contributed by atoms with Gasteiger partial charge < -0.3 is 19.8 Å². The van der Waals surface area contributed by atoms with Crippen LogP contribution >= 0.6 is 0 Å². The Morgan fingerprint density at radius 2 is 1.97 bits per heavy atom. The molecule has 36 heavy (non-hydrogen) atoms. The second kappa shape index (κ2) is 9.66. The average Bonchev–Trinajstić information content (AvgIpc) is 3.51. The van der Waals surface area contributed by atoms with Gasteiger partial charge in [0.05, 0.1) is 17.6 Å². The summed E-state index contributed by atoms with van der Waals surface area (Å²) >= 11 is 0. The lowest BCUT2D eigenvalue weighted by Crippen LogP contribution is -2.61. The Labute approximate surface area is 205 Å². The minimum atomic E-state index is -1.69. The SMILES string of the molecule is O=C(c1ccccc1)C1(NCc2ccccc2[N+](=O)[O-])N=CN=C2C1=NCN2[C@H]1C[C@H](O)[C@@H](CO)O1. The average molecular weight is 492 g/mol. The molecule has 5 rings (SSSR count). The van der Waals surface area contributed by atoms with Crippen molar-refractivity contribution in [2.45, 2.75) is 37.1 Å². The van der Waals surface area contributed by atoms with Gasteiger partial charge in [0.15, 0.2) is 5.84 Å². The molecule has 1 unspecified atom stereocenters. The number of hydrogen-bond acceptors (Lipinski definition) is 11. The van der Waals surface area contributed by atoms with Crippen LogP contribution in [0.5, 0.6) is 0 Å². The number of carbonyl (C=O) groups is 1. The highest BCUT2D eigenvalue weighted by Gasteiger charge is 2.52. The van der Waals surface area contributed by atoms with Crippen LogP contribution in [-0.4, -0.2) is 81.1 Å². The number of nitrogens with one attached hydrogen (secondary N) is 1. The molecule has 3 heterocycles. The quantitative estimate of drug-likeness (QED) is 0.278. The minimum Gasteiger partial charge on any atom is -0.394 e. The molecule has 12 nitrogen and oxygen atoms in total. The number of nitro benzene ring substituents is 1. The van der Waals surface area contributed by atoms with Gasteiger partial charge in [-0.25, -0.2) is 9.98 Å². The number of aliphatic imine (C=N–C) groups is 3. The minimum absolute atomic E-state index is 0.0371. The van der Waals surface area contributed by atoms with E-state index < -0.39 is 34.8 Å². The second-order valence-corrected chi connectivity index (χ2v) is 8.57. The van der Waals surface area contributed by atoms with Crippen molar-refractivity contribution >= 4 is 29.4 Å². The lowest BCUT2D eigenvalue weighted by Gasteiger charge is -2.34. The third-order valence-corrected chi connectivity index (χ3v) is 6.46. The van der Waals surface area contributed by atoms with E-state index in [1.165, 1.54) is 12.4 Å². The van der Waals surface area contributed by atoms with E-state index in [1.807, 2.05) is 0 Å². The van der Waals surface area contributed by atoms with E-state index in [0.717, 1.165) is 0 Å². The Bertz CT molecular complexity index is 1260. The van der Waals surface area contributed by atoms with Crippen LogP contribution in [0.4, 0.5) is 5.69 Å². The third-order valence-electron chi connectivity index (χ3n) is 6.46. The van der Waals surface area contributed by atoms with E-state index in [9.17, 15) is 25.1 Å². The first-order valence-corrected chi connectivity index (χ1v) is 11.4. The van der Waals surface area contributed by atoms with Gasteiger partial charge in [0, 0.05) is 30.2 Å². The van der Waals surface area contributed by atoms with Crippen LogP contribution in [0.25, 0.3) is 0 Å². The van der Waals surface area contributed by atoms with Crippen molar-refractivity contribution in [3.8, 4) is 0 Å². The van der Waals surface area contributed by atoms with E-state index in [2.05, 4.69) is 20.3 Å². The summed E-state index contributed by atoms with van der Waals surface area (Å²) < 4.78 is 5.79. The van der Waals surface area contributed by atoms with Gasteiger partial charge in [0.25, 0.3) is 5.69 Å². The molecule has 1 saturated heterocycles. The van der Waals surface area contributed by atoms with Gasteiger partial charge in [0.2, 0.25) is 11.4 Å². The Morgan fingerprint density at radius 1 is 1.22 bits per heavy atom. The molecule has 3 N–H and O–H groups in total. The highest BCUT2D eigenvalue weighted by Crippen LogP contribution is 2.31. The van der Waals surface area contributed by atoms with E-state index in [1.54, 1.807) is 53.4 Å². The van der Waals surface area contributed by atoms with E-state index in [4.69, 9.17) is 4.74 Å². The molecule has 3 aliphatic rings. The second-order valence-electron chi connectivity index (χ2n) is 8.57. The number of benzene rings is 2. The molecular weight excluding hydrogens is 468 g/mol. The molecule has 0 amide bonds. The predicted molar refractivity (Wildman–Crippen MR) is 130 cm³/mol. The van der Waals surface area contributed by atoms with Crippen molar-refractivity contribution in [2.24, 2.45) is 15.0 Å². The van der Waals surface area contributed by atoms with Gasteiger partial charge in [-0.15, -0.1) is 0 Å². The summed E-state index contributed by atoms with van der Waals surface area (Å²) in [6, 6.07) is 14.8. The van der Waals surface area contributed by atoms with E-state index in [0.29, 0.717) is 17.0 Å². The molecule has 0 spiro atoms. The normalized spacial score (nSPS) is 26.9. The number of hydrogen-bond donors (Lipinski definition) is 3. The molecule has 1 fully saturated rings. The lowest BCUT2D eigenvalue weighted by molar-refractivity contribution is -0.385. The Kier molecular flexibility index (Phi) is 6.41. The zero-order valence-corrected chi connectivity index (χ0v) is 19.1. The first kappa shape index (κ1) is 23.9. The maximum absolute atomic E-state index is 13.9. The molecule has 0 saturated carbocycles. The van der Waals surface area contributed by atoms with Gasteiger partial charge in [0.1, 0.15) is 31.1 Å². The maximum atomic E-state index is 13.9. The monoisotopic (exact) mass is 492 g/mol. The van der Waals surface area contributed by atoms with Gasteiger partial charge in [-0.05, 0) is 0 Å². The number of para-hydroxylation sites is 1. The number of ketones is 1. The molecule has 0 radical (unpaired) electrons. The summed E-state index contributed by atoms with van der Waals surface area (Å²) in [6.45, 7) is -0.268. The largest absolute Gasteiger partial charge is 0.394 e. The fraction of sp³-hybridized carbons (Fsp3) is 0.333. The zero-order valence-electron chi connectivity index (χ0n) is 19.1. The van der Waals surface area contributed by atoms with Crippen LogP contribution < -0.4 is 5.32 Å². The molecule has 2 aromatic rings. The summed E-state index contributed by atoms with van der Waals surface area (Å²) in [5.74, 6) is -0.0494. The Hall–Kier alpha value is -3.84. The molecule has 0 aliphatic carbocycles. The third kappa shape index (κ3) is 4.09. The topological polar surface area (TPSA) is 162 Å². The summed E-state index contributed by atoms with van der Waals surface area (Å²) in [5.41, 5.74) is -0.766. The molecule has 0 bridgehead atoms. The summed E-state index contributed by atoms with van der Waals surface area (Å²) in [6.07, 6.45) is -0.704. The van der Waals surface area contributed by atoms with E-state index >= 15 is 0 Å². The number of nitro groups is 1. The first-order chi connectivity index (χ1) is 17.4. The number of fused-ring (bicyclic) bond motifs is 1. The highest BCUT2D eigenvalue weighted by molar-refractivity contribution is 6.52. The van der Waals surface area contributed by atoms with Crippen LogP contribution in [0.1, 0.15) is 22.3 Å². The Morgan fingerprint density at radius 3 is 2.69 bits per heavy atom. The first-order valence-electron chi connectivity index (χ1n) is 11.4. The molecule has 3 aliphatic heterocycles. The maximum Gasteiger partial charge on any atom is 0.273 e. The molecule has 12 heteroatoms. The molecule has 186 valence electrons. The summed E-state index contributed by atoms with van der Waals surface area (Å²) in [7, 11) is 0. The number of aliphatic hydroxyl groups excluding tert-OH is 2. The van der Waals surface area contributed by atoms with Gasteiger partial charge >= 0.3 is 0 Å². The number of carbonyl (C=O) groups excluding carboxylic acids is 1. The molecule has 4 atom stereocenters. The summed E-state index contributed by atoms with van der Waals surface area (Å²) in [5, 5.41) is 34.3. The van der Waals surface area contributed by atoms with Crippen LogP contribution in [0.15, 0.2) is 69.6 Å². The number of amidine groups is 1. The zero-order chi connectivity index (χ0) is 25.3. The summed E-state index contributed by atoms with van der Waals surface area (Å²) in [4.78, 5) is 40.1. The standard InChI is InChI=1S/C24H24N6O6/c31-12-19-18(32)10-20(36-19)29-14-26-21-23(29)25-13-28-24(21,22(33)15-6-2-1-3-7-15)27-11-16-8-4-5-9-17(16)30(34)35/h1-9,13,18-20,27,31-32H,10-12,14H2/t18-,19+,20+,24?/m0/s1. The van der Waals surface area contributed by atoms with Crippen molar-refractivity contribution in [1.29, 1.82) is 0 Å². The fourth-order valence-electron chi connectivity index (χ4n) is 4.60. The van der Waals surface area contributed by atoms with Crippen LogP contribution in [0.3, 0.4) is 0 Å². The van der Waals surface area contributed by atoms with Crippen molar-refractivity contribution in [3.63, 3.8) is 0 Å². The van der Waals surface area contributed by atoms with Crippen LogP contribution in [0.2, 0.25) is 0 Å². The van der Waals surface area contributed by atoms with E-state index in [-0.39, 0.29) is 37.6 Å². The number of ether oxygens (including phenoxy) is 1. The van der Waals surface area contributed by atoms with Crippen molar-refractivity contribution < 1.29 is 24.7 Å². The van der Waals surface area contributed by atoms with Crippen molar-refractivity contribution in [3.05, 3.63) is 75.8 Å². The fourth-order valence-corrected chi connectivity index (χ4v) is 4.60. The predicted octanol–water partition coefficient (Wildman–Crippen LogP) is 0.886. The molecular formula is C24H24N6O6. The highest BCUT2D eigenvalue weighted by atomic mass is 16.6. The van der Waals surface area contributed by atoms with Gasteiger partial charge in [-0.2, -0.15) is 0 Å². The lowest BCUT2D eigenvalue weighted by atomic mass is 9.91. The number of rotatable bonds is 8. The van der Waals surface area contributed by atoms with Gasteiger partial charge in [-0.1, -0.05) is 48.5 Å². The molecule has 0 aromatic heterocycles. The molecule has 2 aromatic carbocycles. The van der Waals surface area contributed by atoms with Crippen molar-refractivity contribution in [1.82, 2.24) is 10.2 Å². The van der Waals surface area contributed by atoms with Crippen LogP contribution in [0, 0.1) is 10.1 Å².